The maximum atomic E-state index is 12.0. The molecule has 0 bridgehead atoms. The van der Waals surface area contributed by atoms with Crippen molar-refractivity contribution in [2.24, 2.45) is 0 Å². The molecule has 1 aromatic heterocycles. The molecule has 1 amide bonds. The first-order valence-electron chi connectivity index (χ1n) is 7.80. The third kappa shape index (κ3) is 2.94. The first-order chi connectivity index (χ1) is 11.6. The van der Waals surface area contributed by atoms with Crippen LogP contribution in [0.4, 0.5) is 0 Å². The average molecular weight is 321 g/mol. The molecule has 0 aliphatic rings. The number of carbonyl (C=O) groups excluding carboxylic acids is 1. The lowest BCUT2D eigenvalue weighted by Gasteiger charge is -2.11. The third-order valence-electron chi connectivity index (χ3n) is 3.97. The van der Waals surface area contributed by atoms with Crippen molar-refractivity contribution < 1.29 is 10.0 Å². The van der Waals surface area contributed by atoms with Crippen molar-refractivity contribution in [3.63, 3.8) is 0 Å². The standard InChI is InChI=1S/C19H19N3O2/c1-13(2)14-8-10-16(11-9-14)22-18(15-6-4-3-5-7-15)17(12-20-22)19(23)21-24/h3-13,24H,1-2H3,(H,21,23). The van der Waals surface area contributed by atoms with Crippen molar-refractivity contribution in [3.8, 4) is 16.9 Å². The summed E-state index contributed by atoms with van der Waals surface area (Å²) in [5, 5.41) is 13.4. The van der Waals surface area contributed by atoms with Gasteiger partial charge < -0.3 is 0 Å². The lowest BCUT2D eigenvalue weighted by Crippen LogP contribution is -2.19. The van der Waals surface area contributed by atoms with E-state index in [0.717, 1.165) is 11.3 Å². The summed E-state index contributed by atoms with van der Waals surface area (Å²) in [5.41, 5.74) is 5.58. The van der Waals surface area contributed by atoms with Gasteiger partial charge in [0.05, 0.1) is 23.1 Å². The van der Waals surface area contributed by atoms with Crippen LogP contribution in [0.25, 0.3) is 16.9 Å². The first kappa shape index (κ1) is 16.0. The van der Waals surface area contributed by atoms with E-state index < -0.39 is 5.91 Å². The van der Waals surface area contributed by atoms with Gasteiger partial charge in [-0.25, -0.2) is 10.2 Å². The normalized spacial score (nSPS) is 10.8. The van der Waals surface area contributed by atoms with E-state index in [0.29, 0.717) is 17.2 Å². The maximum absolute atomic E-state index is 12.0. The Labute approximate surface area is 140 Å². The molecule has 0 radical (unpaired) electrons. The summed E-state index contributed by atoms with van der Waals surface area (Å²) < 4.78 is 1.71. The van der Waals surface area contributed by atoms with Crippen molar-refractivity contribution in [1.29, 1.82) is 0 Å². The number of aromatic nitrogens is 2. The van der Waals surface area contributed by atoms with E-state index in [9.17, 15) is 4.79 Å². The molecule has 2 N–H and O–H groups in total. The van der Waals surface area contributed by atoms with E-state index >= 15 is 0 Å². The second kappa shape index (κ2) is 6.68. The van der Waals surface area contributed by atoms with Crippen LogP contribution in [0.5, 0.6) is 0 Å². The topological polar surface area (TPSA) is 67.2 Å². The lowest BCUT2D eigenvalue weighted by molar-refractivity contribution is 0.0707. The number of rotatable bonds is 4. The van der Waals surface area contributed by atoms with Gasteiger partial charge in [0.25, 0.3) is 5.91 Å². The Morgan fingerprint density at radius 2 is 1.75 bits per heavy atom. The Morgan fingerprint density at radius 1 is 1.08 bits per heavy atom. The van der Waals surface area contributed by atoms with Gasteiger partial charge in [-0.1, -0.05) is 56.3 Å². The highest BCUT2D eigenvalue weighted by Crippen LogP contribution is 2.27. The van der Waals surface area contributed by atoms with Crippen molar-refractivity contribution >= 4 is 5.91 Å². The summed E-state index contributed by atoms with van der Waals surface area (Å²) in [4.78, 5) is 12.0. The van der Waals surface area contributed by atoms with Gasteiger partial charge in [-0.3, -0.25) is 10.0 Å². The zero-order valence-corrected chi connectivity index (χ0v) is 13.6. The maximum Gasteiger partial charge on any atom is 0.278 e. The Kier molecular flexibility index (Phi) is 4.44. The molecule has 3 aromatic rings. The quantitative estimate of drug-likeness (QED) is 0.567. The predicted molar refractivity (Wildman–Crippen MR) is 92.3 cm³/mol. The van der Waals surface area contributed by atoms with E-state index in [2.05, 4.69) is 31.1 Å². The highest BCUT2D eigenvalue weighted by atomic mass is 16.5. The molecular weight excluding hydrogens is 302 g/mol. The number of hydrogen-bond donors (Lipinski definition) is 2. The zero-order valence-electron chi connectivity index (χ0n) is 13.6. The number of benzene rings is 2. The Balaban J connectivity index is 2.14. The average Bonchev–Trinajstić information content (AvgIpc) is 3.07. The van der Waals surface area contributed by atoms with E-state index in [1.54, 1.807) is 10.2 Å². The summed E-state index contributed by atoms with van der Waals surface area (Å²) in [6.45, 7) is 4.28. The van der Waals surface area contributed by atoms with Crippen LogP contribution in [-0.2, 0) is 0 Å². The molecule has 0 atom stereocenters. The molecule has 5 nitrogen and oxygen atoms in total. The van der Waals surface area contributed by atoms with E-state index in [4.69, 9.17) is 5.21 Å². The summed E-state index contributed by atoms with van der Waals surface area (Å²) >= 11 is 0. The predicted octanol–water partition coefficient (Wildman–Crippen LogP) is 3.78. The molecule has 0 saturated heterocycles. The minimum atomic E-state index is -0.584. The Morgan fingerprint density at radius 3 is 2.33 bits per heavy atom. The monoisotopic (exact) mass is 321 g/mol. The number of nitrogens with one attached hydrogen (secondary N) is 1. The number of hydroxylamine groups is 1. The van der Waals surface area contributed by atoms with Gasteiger partial charge in [-0.2, -0.15) is 5.10 Å². The van der Waals surface area contributed by atoms with Crippen LogP contribution < -0.4 is 5.48 Å². The minimum absolute atomic E-state index is 0.316. The van der Waals surface area contributed by atoms with Gasteiger partial charge in [-0.15, -0.1) is 0 Å². The van der Waals surface area contributed by atoms with E-state index in [1.807, 2.05) is 42.5 Å². The molecule has 0 spiro atoms. The van der Waals surface area contributed by atoms with Gasteiger partial charge in [0.1, 0.15) is 0 Å². The fraction of sp³-hybridized carbons (Fsp3) is 0.158. The lowest BCUT2D eigenvalue weighted by atomic mass is 10.0. The van der Waals surface area contributed by atoms with Crippen LogP contribution in [0, 0.1) is 0 Å². The van der Waals surface area contributed by atoms with Gasteiger partial charge >= 0.3 is 0 Å². The van der Waals surface area contributed by atoms with Crippen LogP contribution in [0.2, 0.25) is 0 Å². The molecule has 5 heteroatoms. The van der Waals surface area contributed by atoms with Crippen molar-refractivity contribution in [3.05, 3.63) is 71.9 Å². The van der Waals surface area contributed by atoms with Crippen LogP contribution in [0.1, 0.15) is 35.7 Å². The number of amides is 1. The Hall–Kier alpha value is -2.92. The summed E-state index contributed by atoms with van der Waals surface area (Å²) in [6.07, 6.45) is 1.46. The number of nitrogens with zero attached hydrogens (tertiary/aromatic N) is 2. The molecule has 0 saturated carbocycles. The van der Waals surface area contributed by atoms with Crippen molar-refractivity contribution in [1.82, 2.24) is 15.3 Å². The fourth-order valence-corrected chi connectivity index (χ4v) is 2.64. The molecule has 3 rings (SSSR count). The highest BCUT2D eigenvalue weighted by molar-refractivity contribution is 5.99. The highest BCUT2D eigenvalue weighted by Gasteiger charge is 2.19. The molecule has 0 aliphatic heterocycles. The molecule has 2 aromatic carbocycles. The van der Waals surface area contributed by atoms with Crippen molar-refractivity contribution in [2.45, 2.75) is 19.8 Å². The second-order valence-corrected chi connectivity index (χ2v) is 5.87. The molecule has 24 heavy (non-hydrogen) atoms. The number of hydrogen-bond acceptors (Lipinski definition) is 3. The molecule has 122 valence electrons. The van der Waals surface area contributed by atoms with Gasteiger partial charge in [0, 0.05) is 5.56 Å². The van der Waals surface area contributed by atoms with Crippen LogP contribution in [0.15, 0.2) is 60.8 Å². The SMILES string of the molecule is CC(C)c1ccc(-n2ncc(C(=O)NO)c2-c2ccccc2)cc1. The fourth-order valence-electron chi connectivity index (χ4n) is 2.64. The number of carbonyl (C=O) groups is 1. The third-order valence-corrected chi connectivity index (χ3v) is 3.97. The molecular formula is C19H19N3O2. The molecule has 0 fully saturated rings. The van der Waals surface area contributed by atoms with E-state index in [-0.39, 0.29) is 0 Å². The summed E-state index contributed by atoms with van der Waals surface area (Å²) in [5.74, 6) is -0.139. The largest absolute Gasteiger partial charge is 0.288 e. The van der Waals surface area contributed by atoms with Crippen molar-refractivity contribution in [2.75, 3.05) is 0 Å². The second-order valence-electron chi connectivity index (χ2n) is 5.87. The van der Waals surface area contributed by atoms with Crippen LogP contribution in [-0.4, -0.2) is 20.9 Å². The van der Waals surface area contributed by atoms with Gasteiger partial charge in [0.15, 0.2) is 0 Å². The smallest absolute Gasteiger partial charge is 0.278 e. The molecule has 1 heterocycles. The summed E-state index contributed by atoms with van der Waals surface area (Å²) in [7, 11) is 0. The first-order valence-corrected chi connectivity index (χ1v) is 7.80. The van der Waals surface area contributed by atoms with E-state index in [1.165, 1.54) is 11.8 Å². The van der Waals surface area contributed by atoms with Gasteiger partial charge in [0.2, 0.25) is 0 Å². The minimum Gasteiger partial charge on any atom is -0.288 e. The Bertz CT molecular complexity index is 837. The zero-order chi connectivity index (χ0) is 17.1. The molecule has 0 aliphatic carbocycles. The molecule has 0 unspecified atom stereocenters. The van der Waals surface area contributed by atoms with Crippen LogP contribution >= 0.6 is 0 Å². The summed E-state index contributed by atoms with van der Waals surface area (Å²) in [6, 6.07) is 17.6. The van der Waals surface area contributed by atoms with Crippen LogP contribution in [0.3, 0.4) is 0 Å². The van der Waals surface area contributed by atoms with Gasteiger partial charge in [-0.05, 0) is 23.6 Å².